The number of nitrogens with one attached hydrogen (secondary N) is 2. The smallest absolute Gasteiger partial charge is 0.347 e. The third kappa shape index (κ3) is 11.4. The molecule has 1 saturated heterocycles. The molecule has 242 valence electrons. The molecule has 4 atom stereocenters. The summed E-state index contributed by atoms with van der Waals surface area (Å²) in [6.07, 6.45) is 1.99. The van der Waals surface area contributed by atoms with Crippen LogP contribution < -0.4 is 16.4 Å². The van der Waals surface area contributed by atoms with Crippen molar-refractivity contribution in [1.82, 2.24) is 15.5 Å². The van der Waals surface area contributed by atoms with E-state index in [4.69, 9.17) is 31.5 Å². The highest BCUT2D eigenvalue weighted by atomic mass is 35.5. The van der Waals surface area contributed by atoms with Crippen LogP contribution in [0.3, 0.4) is 0 Å². The van der Waals surface area contributed by atoms with Crippen LogP contribution in [-0.4, -0.2) is 116 Å². The predicted molar refractivity (Wildman–Crippen MR) is 163 cm³/mol. The topological polar surface area (TPSA) is 185 Å². The van der Waals surface area contributed by atoms with E-state index >= 15 is 0 Å². The second-order valence-corrected chi connectivity index (χ2v) is 10.7. The molecule has 0 saturated carbocycles. The number of ether oxygens (including phenoxy) is 3. The van der Waals surface area contributed by atoms with Crippen molar-refractivity contribution in [3.63, 3.8) is 0 Å². The van der Waals surface area contributed by atoms with Crippen LogP contribution in [0.2, 0.25) is 0 Å². The van der Waals surface area contributed by atoms with Gasteiger partial charge >= 0.3 is 6.03 Å². The largest absolute Gasteiger partial charge is 0.394 e. The standard InChI is InChI=1S/C30H42ClN5O8/c31-11-3-1-2-4-14-42-16-17-43-15-13-34-29(40)22-9-7-21(8-10-22)28(39)33-12-5-6-23-19-36(30(41)35-27(23)32)26-18-24(38)25(20-37)44-26/h7-10,23-26,37-38H,1-4,11-20H2,(H,33,39)(H,34,40)(H2,32,35,41)/t23?,24-,25+,26+/m0/s1. The first-order valence-corrected chi connectivity index (χ1v) is 15.3. The number of hydrogen-bond acceptors (Lipinski definition) is 9. The van der Waals surface area contributed by atoms with Crippen LogP contribution in [0.5, 0.6) is 0 Å². The molecular weight excluding hydrogens is 594 g/mol. The van der Waals surface area contributed by atoms with Gasteiger partial charge in [-0.3, -0.25) is 14.5 Å². The molecule has 0 spiro atoms. The SMILES string of the molecule is NC1=NC(=O)N([C@H]2C[C@H](O)[C@@H](CO)O2)CC1C#CCNC(=O)c1ccc(C(=O)NCCOCCOCCCCCCCl)cc1. The first-order valence-electron chi connectivity index (χ1n) is 14.8. The molecule has 1 aromatic carbocycles. The molecule has 1 fully saturated rings. The van der Waals surface area contributed by atoms with Crippen molar-refractivity contribution >= 4 is 35.3 Å². The molecule has 2 aliphatic heterocycles. The van der Waals surface area contributed by atoms with Gasteiger partial charge in [-0.2, -0.15) is 4.99 Å². The van der Waals surface area contributed by atoms with E-state index in [-0.39, 0.29) is 43.8 Å². The minimum Gasteiger partial charge on any atom is -0.394 e. The van der Waals surface area contributed by atoms with Gasteiger partial charge in [0.25, 0.3) is 11.8 Å². The van der Waals surface area contributed by atoms with Crippen molar-refractivity contribution < 1.29 is 38.8 Å². The van der Waals surface area contributed by atoms with E-state index < -0.39 is 30.4 Å². The minimum absolute atomic E-state index is 0.0175. The number of alkyl halides is 1. The molecule has 0 aliphatic carbocycles. The Morgan fingerprint density at radius 1 is 1.05 bits per heavy atom. The Kier molecular flexibility index (Phi) is 15.4. The minimum atomic E-state index is -0.897. The van der Waals surface area contributed by atoms with Gasteiger partial charge in [-0.1, -0.05) is 24.7 Å². The van der Waals surface area contributed by atoms with E-state index in [0.29, 0.717) is 50.0 Å². The van der Waals surface area contributed by atoms with Gasteiger partial charge in [0, 0.05) is 43.1 Å². The number of halogens is 1. The molecule has 0 radical (unpaired) electrons. The molecule has 1 unspecified atom stereocenters. The number of nitrogens with zero attached hydrogens (tertiary/aromatic N) is 2. The first-order chi connectivity index (χ1) is 21.3. The molecule has 14 heteroatoms. The average molecular weight is 636 g/mol. The Bertz CT molecular complexity index is 1170. The van der Waals surface area contributed by atoms with E-state index in [9.17, 15) is 24.6 Å². The summed E-state index contributed by atoms with van der Waals surface area (Å²) in [7, 11) is 0. The molecule has 0 bridgehead atoms. The number of carbonyl (C=O) groups excluding carboxylic acids is 3. The lowest BCUT2D eigenvalue weighted by atomic mass is 10.1. The molecule has 3 rings (SSSR count). The van der Waals surface area contributed by atoms with Gasteiger partial charge < -0.3 is 40.8 Å². The molecule has 13 nitrogen and oxygen atoms in total. The van der Waals surface area contributed by atoms with Crippen molar-refractivity contribution in [3.05, 3.63) is 35.4 Å². The fourth-order valence-corrected chi connectivity index (χ4v) is 4.73. The third-order valence-electron chi connectivity index (χ3n) is 7.04. The molecular formula is C30H42ClN5O8. The quantitative estimate of drug-likeness (QED) is 0.0941. The summed E-state index contributed by atoms with van der Waals surface area (Å²) in [5, 5.41) is 24.7. The lowest BCUT2D eigenvalue weighted by Crippen LogP contribution is -2.49. The monoisotopic (exact) mass is 635 g/mol. The number of aliphatic imine (C=N–C) groups is 1. The highest BCUT2D eigenvalue weighted by Gasteiger charge is 2.41. The number of amides is 4. The van der Waals surface area contributed by atoms with Crippen molar-refractivity contribution in [2.45, 2.75) is 50.5 Å². The Balaban J connectivity index is 1.33. The zero-order chi connectivity index (χ0) is 31.7. The number of nitrogens with two attached hydrogens (primary N) is 1. The number of rotatable bonds is 17. The van der Waals surface area contributed by atoms with E-state index in [2.05, 4.69) is 27.5 Å². The number of aliphatic hydroxyl groups excluding tert-OH is 2. The summed E-state index contributed by atoms with van der Waals surface area (Å²) in [6, 6.07) is 5.62. The van der Waals surface area contributed by atoms with Crippen LogP contribution in [0.15, 0.2) is 29.3 Å². The number of aliphatic hydroxyl groups is 2. The second-order valence-electron chi connectivity index (χ2n) is 10.3. The van der Waals surface area contributed by atoms with Gasteiger partial charge in [-0.15, -0.1) is 11.6 Å². The summed E-state index contributed by atoms with van der Waals surface area (Å²) in [6.45, 7) is 2.13. The molecule has 0 aromatic heterocycles. The molecule has 2 heterocycles. The summed E-state index contributed by atoms with van der Waals surface area (Å²) < 4.78 is 16.5. The van der Waals surface area contributed by atoms with Crippen LogP contribution in [0.1, 0.15) is 52.8 Å². The predicted octanol–water partition coefficient (Wildman–Crippen LogP) is 0.859. The van der Waals surface area contributed by atoms with E-state index in [1.54, 1.807) is 24.3 Å². The Labute approximate surface area is 262 Å². The van der Waals surface area contributed by atoms with Crippen LogP contribution in [0.4, 0.5) is 4.79 Å². The van der Waals surface area contributed by atoms with Crippen molar-refractivity contribution in [2.75, 3.05) is 58.5 Å². The lowest BCUT2D eigenvalue weighted by Gasteiger charge is -2.32. The maximum Gasteiger partial charge on any atom is 0.347 e. The van der Waals surface area contributed by atoms with Crippen LogP contribution >= 0.6 is 11.6 Å². The van der Waals surface area contributed by atoms with Gasteiger partial charge in [0.2, 0.25) is 0 Å². The molecule has 44 heavy (non-hydrogen) atoms. The second kappa shape index (κ2) is 19.2. The lowest BCUT2D eigenvalue weighted by molar-refractivity contribution is -0.0644. The molecule has 2 aliphatic rings. The van der Waals surface area contributed by atoms with Crippen molar-refractivity contribution in [2.24, 2.45) is 16.6 Å². The number of benzene rings is 1. The van der Waals surface area contributed by atoms with Crippen LogP contribution in [-0.2, 0) is 14.2 Å². The van der Waals surface area contributed by atoms with Crippen molar-refractivity contribution in [3.8, 4) is 11.8 Å². The molecule has 1 aromatic rings. The maximum atomic E-state index is 12.5. The van der Waals surface area contributed by atoms with Crippen LogP contribution in [0, 0.1) is 17.8 Å². The van der Waals surface area contributed by atoms with E-state index in [1.165, 1.54) is 4.90 Å². The number of urea groups is 1. The summed E-state index contributed by atoms with van der Waals surface area (Å²) in [5.41, 5.74) is 6.67. The van der Waals surface area contributed by atoms with Gasteiger partial charge in [0.05, 0.1) is 45.0 Å². The normalized spacial score (nSPS) is 21.4. The summed E-state index contributed by atoms with van der Waals surface area (Å²) in [5.74, 6) is 5.25. The van der Waals surface area contributed by atoms with E-state index in [0.717, 1.165) is 25.7 Å². The number of hydrogen-bond donors (Lipinski definition) is 5. The van der Waals surface area contributed by atoms with E-state index in [1.807, 2.05) is 0 Å². The Morgan fingerprint density at radius 2 is 1.70 bits per heavy atom. The molecule has 4 amide bonds. The van der Waals surface area contributed by atoms with Gasteiger partial charge in [0.1, 0.15) is 18.2 Å². The summed E-state index contributed by atoms with van der Waals surface area (Å²) >= 11 is 5.65. The zero-order valence-corrected chi connectivity index (χ0v) is 25.5. The fraction of sp³-hybridized carbons (Fsp3) is 0.600. The molecule has 6 N–H and O–H groups in total. The number of carbonyl (C=O) groups is 3. The number of amidine groups is 1. The van der Waals surface area contributed by atoms with Gasteiger partial charge in [-0.05, 0) is 37.1 Å². The Hall–Kier alpha value is -3.25. The van der Waals surface area contributed by atoms with Gasteiger partial charge in [0.15, 0.2) is 0 Å². The maximum absolute atomic E-state index is 12.5. The Morgan fingerprint density at radius 3 is 2.36 bits per heavy atom. The highest BCUT2D eigenvalue weighted by molar-refractivity contribution is 6.17. The van der Waals surface area contributed by atoms with Gasteiger partial charge in [-0.25, -0.2) is 4.79 Å². The van der Waals surface area contributed by atoms with Crippen LogP contribution in [0.25, 0.3) is 0 Å². The zero-order valence-electron chi connectivity index (χ0n) is 24.7. The number of unbranched alkanes of at least 4 members (excludes halogenated alkanes) is 3. The summed E-state index contributed by atoms with van der Waals surface area (Å²) in [4.78, 5) is 42.4. The first kappa shape index (κ1) is 35.2. The fourth-order valence-electron chi connectivity index (χ4n) is 4.54. The van der Waals surface area contributed by atoms with Crippen molar-refractivity contribution in [1.29, 1.82) is 0 Å². The highest BCUT2D eigenvalue weighted by Crippen LogP contribution is 2.26. The third-order valence-corrected chi connectivity index (χ3v) is 7.30. The average Bonchev–Trinajstić information content (AvgIpc) is 3.40.